The van der Waals surface area contributed by atoms with E-state index in [1.807, 2.05) is 6.07 Å². The Bertz CT molecular complexity index is 1290. The molecule has 1 N–H and O–H groups in total. The van der Waals surface area contributed by atoms with E-state index < -0.39 is 0 Å². The van der Waals surface area contributed by atoms with Crippen LogP contribution < -0.4 is 15.6 Å². The summed E-state index contributed by atoms with van der Waals surface area (Å²) < 4.78 is 6.63. The lowest BCUT2D eigenvalue weighted by atomic mass is 10.2. The number of amides is 1. The number of thioether (sulfide) groups is 1. The molecule has 4 rings (SSSR count). The molecule has 1 aromatic heterocycles. The zero-order valence-corrected chi connectivity index (χ0v) is 18.1. The number of aromatic nitrogens is 2. The van der Waals surface area contributed by atoms with Gasteiger partial charge in [0.25, 0.3) is 5.56 Å². The van der Waals surface area contributed by atoms with Gasteiger partial charge in [-0.25, -0.2) is 4.98 Å². The van der Waals surface area contributed by atoms with E-state index in [0.29, 0.717) is 38.2 Å². The molecule has 6 nitrogen and oxygen atoms in total. The molecule has 3 aromatic carbocycles. The number of carbonyl (C=O) groups excluding carboxylic acids is 1. The van der Waals surface area contributed by atoms with Gasteiger partial charge in [0.2, 0.25) is 5.91 Å². The Balaban J connectivity index is 1.62. The van der Waals surface area contributed by atoms with Gasteiger partial charge in [-0.2, -0.15) is 0 Å². The number of methoxy groups -OCH3 is 1. The van der Waals surface area contributed by atoms with Gasteiger partial charge < -0.3 is 10.1 Å². The van der Waals surface area contributed by atoms with Crippen molar-refractivity contribution in [2.24, 2.45) is 0 Å². The van der Waals surface area contributed by atoms with Crippen LogP contribution in [0.4, 0.5) is 5.69 Å². The molecule has 0 aliphatic heterocycles. The number of carbonyl (C=O) groups is 1. The second-order valence-corrected chi connectivity index (χ2v) is 7.97. The van der Waals surface area contributed by atoms with Crippen LogP contribution in [0.3, 0.4) is 0 Å². The average molecular weight is 452 g/mol. The fraction of sp³-hybridized carbons (Fsp3) is 0.0870. The Morgan fingerprint density at radius 2 is 1.77 bits per heavy atom. The highest BCUT2D eigenvalue weighted by Gasteiger charge is 2.15. The number of rotatable bonds is 6. The number of ether oxygens (including phenoxy) is 1. The molecule has 0 saturated carbocycles. The highest BCUT2D eigenvalue weighted by molar-refractivity contribution is 7.99. The summed E-state index contributed by atoms with van der Waals surface area (Å²) >= 11 is 7.20. The molecule has 0 aliphatic rings. The third kappa shape index (κ3) is 4.73. The van der Waals surface area contributed by atoms with Crippen molar-refractivity contribution >= 4 is 45.9 Å². The summed E-state index contributed by atoms with van der Waals surface area (Å²) in [6, 6.07) is 21.1. The first-order valence-electron chi connectivity index (χ1n) is 9.39. The molecule has 0 atom stereocenters. The highest BCUT2D eigenvalue weighted by Crippen LogP contribution is 2.23. The molecule has 0 fully saturated rings. The third-order valence-corrected chi connectivity index (χ3v) is 5.73. The predicted octanol–water partition coefficient (Wildman–Crippen LogP) is 4.78. The summed E-state index contributed by atoms with van der Waals surface area (Å²) in [7, 11) is 1.58. The van der Waals surface area contributed by atoms with Crippen LogP contribution in [-0.4, -0.2) is 28.3 Å². The van der Waals surface area contributed by atoms with E-state index in [2.05, 4.69) is 10.3 Å². The van der Waals surface area contributed by atoms with E-state index in [-0.39, 0.29) is 17.2 Å². The van der Waals surface area contributed by atoms with E-state index in [1.54, 1.807) is 73.8 Å². The van der Waals surface area contributed by atoms with E-state index >= 15 is 0 Å². The first kappa shape index (κ1) is 21.0. The molecule has 31 heavy (non-hydrogen) atoms. The van der Waals surface area contributed by atoms with Gasteiger partial charge in [0.15, 0.2) is 5.16 Å². The van der Waals surface area contributed by atoms with Crippen LogP contribution in [0.2, 0.25) is 5.02 Å². The maximum absolute atomic E-state index is 13.2. The normalized spacial score (nSPS) is 10.8. The quantitative estimate of drug-likeness (QED) is 0.337. The van der Waals surface area contributed by atoms with E-state index in [4.69, 9.17) is 16.3 Å². The smallest absolute Gasteiger partial charge is 0.266 e. The van der Waals surface area contributed by atoms with E-state index in [1.165, 1.54) is 16.3 Å². The first-order chi connectivity index (χ1) is 15.0. The molecule has 156 valence electrons. The Hall–Kier alpha value is -3.29. The first-order valence-corrected chi connectivity index (χ1v) is 10.8. The molecule has 1 heterocycles. The number of benzene rings is 3. The van der Waals surface area contributed by atoms with Gasteiger partial charge >= 0.3 is 0 Å². The highest BCUT2D eigenvalue weighted by atomic mass is 35.5. The number of para-hydroxylation sites is 1. The molecular formula is C23H18ClN3O3S. The van der Waals surface area contributed by atoms with Crippen molar-refractivity contribution < 1.29 is 9.53 Å². The molecule has 0 unspecified atom stereocenters. The minimum absolute atomic E-state index is 0.0877. The van der Waals surface area contributed by atoms with Gasteiger partial charge in [-0.15, -0.1) is 0 Å². The lowest BCUT2D eigenvalue weighted by molar-refractivity contribution is -0.113. The van der Waals surface area contributed by atoms with E-state index in [9.17, 15) is 9.59 Å². The van der Waals surface area contributed by atoms with Crippen molar-refractivity contribution in [1.29, 1.82) is 0 Å². The van der Waals surface area contributed by atoms with Gasteiger partial charge in [0.05, 0.1) is 29.5 Å². The monoisotopic (exact) mass is 451 g/mol. The van der Waals surface area contributed by atoms with Crippen molar-refractivity contribution in [3.8, 4) is 11.4 Å². The molecule has 0 spiro atoms. The fourth-order valence-electron chi connectivity index (χ4n) is 3.03. The molecule has 0 saturated heterocycles. The predicted molar refractivity (Wildman–Crippen MR) is 125 cm³/mol. The molecule has 1 amide bonds. The number of halogens is 1. The third-order valence-electron chi connectivity index (χ3n) is 4.54. The summed E-state index contributed by atoms with van der Waals surface area (Å²) in [5.41, 5.74) is 1.67. The average Bonchev–Trinajstić information content (AvgIpc) is 2.79. The number of nitrogens with one attached hydrogen (secondary N) is 1. The standard InChI is InChI=1S/C23H18ClN3O3S/c1-30-18-12-8-16(9-13-18)25-21(28)14-31-23-26-20-5-3-2-4-19(20)22(29)27(23)17-10-6-15(24)7-11-17/h2-13H,14H2,1H3,(H,25,28). The lowest BCUT2D eigenvalue weighted by Crippen LogP contribution is -2.22. The maximum atomic E-state index is 13.2. The Morgan fingerprint density at radius 1 is 1.06 bits per heavy atom. The fourth-order valence-corrected chi connectivity index (χ4v) is 3.97. The summed E-state index contributed by atoms with van der Waals surface area (Å²) in [4.78, 5) is 30.3. The van der Waals surface area contributed by atoms with Gasteiger partial charge in [-0.1, -0.05) is 35.5 Å². The molecular weight excluding hydrogens is 434 g/mol. The van der Waals surface area contributed by atoms with Crippen LogP contribution in [0.1, 0.15) is 0 Å². The maximum Gasteiger partial charge on any atom is 0.266 e. The molecule has 0 bridgehead atoms. The molecule has 8 heteroatoms. The molecule has 0 aliphatic carbocycles. The number of hydrogen-bond acceptors (Lipinski definition) is 5. The van der Waals surface area contributed by atoms with Crippen LogP contribution in [-0.2, 0) is 4.79 Å². The minimum Gasteiger partial charge on any atom is -0.497 e. The van der Waals surface area contributed by atoms with Crippen LogP contribution in [0.15, 0.2) is 82.7 Å². The molecule has 4 aromatic rings. The van der Waals surface area contributed by atoms with Gasteiger partial charge in [0.1, 0.15) is 5.75 Å². The zero-order valence-electron chi connectivity index (χ0n) is 16.5. The number of anilines is 1. The summed E-state index contributed by atoms with van der Waals surface area (Å²) in [5, 5.41) is 4.33. The largest absolute Gasteiger partial charge is 0.497 e. The topological polar surface area (TPSA) is 73.2 Å². The Kier molecular flexibility index (Phi) is 6.25. The summed E-state index contributed by atoms with van der Waals surface area (Å²) in [5.74, 6) is 0.588. The van der Waals surface area contributed by atoms with Crippen LogP contribution >= 0.6 is 23.4 Å². The summed E-state index contributed by atoms with van der Waals surface area (Å²) in [6.07, 6.45) is 0. The van der Waals surface area contributed by atoms with Gasteiger partial charge in [-0.3, -0.25) is 14.2 Å². The minimum atomic E-state index is -0.208. The van der Waals surface area contributed by atoms with Crippen molar-refractivity contribution in [1.82, 2.24) is 9.55 Å². The Labute approximate surface area is 187 Å². The van der Waals surface area contributed by atoms with Crippen molar-refractivity contribution in [3.63, 3.8) is 0 Å². The zero-order chi connectivity index (χ0) is 21.8. The number of fused-ring (bicyclic) bond motifs is 1. The van der Waals surface area contributed by atoms with Crippen molar-refractivity contribution in [2.45, 2.75) is 5.16 Å². The van der Waals surface area contributed by atoms with Crippen LogP contribution in [0.25, 0.3) is 16.6 Å². The van der Waals surface area contributed by atoms with Crippen molar-refractivity contribution in [3.05, 3.63) is 88.2 Å². The lowest BCUT2D eigenvalue weighted by Gasteiger charge is -2.13. The SMILES string of the molecule is COc1ccc(NC(=O)CSc2nc3ccccc3c(=O)n2-c2ccc(Cl)cc2)cc1. The van der Waals surface area contributed by atoms with Gasteiger partial charge in [0, 0.05) is 10.7 Å². The molecule has 0 radical (unpaired) electrons. The van der Waals surface area contributed by atoms with Gasteiger partial charge in [-0.05, 0) is 60.7 Å². The summed E-state index contributed by atoms with van der Waals surface area (Å²) in [6.45, 7) is 0. The van der Waals surface area contributed by atoms with Crippen LogP contribution in [0.5, 0.6) is 5.75 Å². The Morgan fingerprint density at radius 3 is 2.48 bits per heavy atom. The van der Waals surface area contributed by atoms with Crippen molar-refractivity contribution in [2.75, 3.05) is 18.2 Å². The number of hydrogen-bond donors (Lipinski definition) is 1. The number of nitrogens with zero attached hydrogens (tertiary/aromatic N) is 2. The second-order valence-electron chi connectivity index (χ2n) is 6.59. The second kappa shape index (κ2) is 9.24. The van der Waals surface area contributed by atoms with Crippen LogP contribution in [0, 0.1) is 0 Å². The van der Waals surface area contributed by atoms with E-state index in [0.717, 1.165) is 0 Å².